The largest absolute Gasteiger partial charge is 0.309 e. The monoisotopic (exact) mass is 762 g/mol. The maximum Gasteiger partial charge on any atom is 0.165 e. The number of rotatable bonds is 5. The van der Waals surface area contributed by atoms with E-state index in [4.69, 9.17) is 15.0 Å². The Labute approximate surface area is 335 Å². The molecule has 12 rings (SSSR count). The summed E-state index contributed by atoms with van der Waals surface area (Å²) in [4.78, 5) is 15.3. The fourth-order valence-corrected chi connectivity index (χ4v) is 10.9. The minimum Gasteiger partial charge on any atom is -0.309 e. The van der Waals surface area contributed by atoms with Crippen molar-refractivity contribution in [3.05, 3.63) is 182 Å². The van der Waals surface area contributed by atoms with Crippen LogP contribution in [0.25, 0.3) is 113 Å². The second-order valence-corrected chi connectivity index (χ2v) is 16.5. The molecule has 0 fully saturated rings. The molecule has 0 saturated carbocycles. The second kappa shape index (κ2) is 12.8. The third-order valence-corrected chi connectivity index (χ3v) is 13.5. The highest BCUT2D eigenvalue weighted by Crippen LogP contribution is 2.45. The summed E-state index contributed by atoms with van der Waals surface area (Å²) in [6, 6.07) is 64.8. The van der Waals surface area contributed by atoms with Crippen molar-refractivity contribution in [1.29, 1.82) is 0 Å². The van der Waals surface area contributed by atoms with E-state index < -0.39 is 0 Å². The SMILES string of the molecule is c1ccc(-c2nc(-c3ccccc3)nc(-c3cc(-c4ccc(-n5c6ccccc6c6c7sc8ccccc8c7ccc65)cc4)cc4c3sc3ccccc34)n2)cc1. The van der Waals surface area contributed by atoms with Crippen molar-refractivity contribution in [1.82, 2.24) is 19.5 Å². The summed E-state index contributed by atoms with van der Waals surface area (Å²) in [5.74, 6) is 1.97. The van der Waals surface area contributed by atoms with Crippen LogP contribution in [0.5, 0.6) is 0 Å². The number of hydrogen-bond acceptors (Lipinski definition) is 5. The van der Waals surface area contributed by atoms with Crippen LogP contribution < -0.4 is 0 Å². The van der Waals surface area contributed by atoms with Crippen LogP contribution in [0.15, 0.2) is 182 Å². The normalized spacial score (nSPS) is 11.9. The third kappa shape index (κ3) is 5.15. The lowest BCUT2D eigenvalue weighted by Crippen LogP contribution is -2.00. The van der Waals surface area contributed by atoms with Gasteiger partial charge in [0.2, 0.25) is 0 Å². The Balaban J connectivity index is 1.05. The lowest BCUT2D eigenvalue weighted by molar-refractivity contribution is 1.08. The number of thiophene rings is 2. The summed E-state index contributed by atoms with van der Waals surface area (Å²) in [5, 5.41) is 7.66. The molecule has 0 N–H and O–H groups in total. The number of benzene rings is 8. The van der Waals surface area contributed by atoms with Gasteiger partial charge in [0.05, 0.1) is 11.0 Å². The van der Waals surface area contributed by atoms with Crippen LogP contribution in [-0.4, -0.2) is 19.5 Å². The Morgan fingerprint density at radius 2 is 0.912 bits per heavy atom. The van der Waals surface area contributed by atoms with Crippen molar-refractivity contribution in [3.8, 4) is 51.0 Å². The quantitative estimate of drug-likeness (QED) is 0.175. The fourth-order valence-electron chi connectivity index (χ4n) is 8.40. The Hall–Kier alpha value is -6.99. The lowest BCUT2D eigenvalue weighted by atomic mass is 9.98. The molecule has 0 saturated heterocycles. The van der Waals surface area contributed by atoms with Gasteiger partial charge in [-0.3, -0.25) is 0 Å². The van der Waals surface area contributed by atoms with E-state index in [9.17, 15) is 0 Å². The number of hydrogen-bond donors (Lipinski definition) is 0. The molecule has 0 radical (unpaired) electrons. The number of aromatic nitrogens is 4. The van der Waals surface area contributed by atoms with Gasteiger partial charge < -0.3 is 4.57 Å². The van der Waals surface area contributed by atoms with Gasteiger partial charge in [0.15, 0.2) is 17.5 Å². The van der Waals surface area contributed by atoms with Gasteiger partial charge in [-0.1, -0.05) is 133 Å². The Kier molecular flexibility index (Phi) is 7.24. The van der Waals surface area contributed by atoms with Crippen molar-refractivity contribution in [2.45, 2.75) is 0 Å². The molecule has 0 unspecified atom stereocenters. The minimum absolute atomic E-state index is 0.655. The van der Waals surface area contributed by atoms with Crippen molar-refractivity contribution < 1.29 is 0 Å². The van der Waals surface area contributed by atoms with Gasteiger partial charge in [0, 0.05) is 73.5 Å². The van der Waals surface area contributed by atoms with Crippen molar-refractivity contribution in [3.63, 3.8) is 0 Å². The van der Waals surface area contributed by atoms with Crippen LogP contribution in [0.2, 0.25) is 0 Å². The van der Waals surface area contributed by atoms with E-state index in [1.54, 1.807) is 11.3 Å². The first-order valence-electron chi connectivity index (χ1n) is 19.0. The van der Waals surface area contributed by atoms with Crippen LogP contribution in [0.3, 0.4) is 0 Å². The van der Waals surface area contributed by atoms with Gasteiger partial charge >= 0.3 is 0 Å². The molecule has 4 nitrogen and oxygen atoms in total. The van der Waals surface area contributed by atoms with E-state index in [0.29, 0.717) is 17.5 Å². The van der Waals surface area contributed by atoms with Gasteiger partial charge in [-0.25, -0.2) is 15.0 Å². The van der Waals surface area contributed by atoms with E-state index in [1.165, 1.54) is 62.2 Å². The van der Waals surface area contributed by atoms with Crippen LogP contribution in [-0.2, 0) is 0 Å². The van der Waals surface area contributed by atoms with Crippen molar-refractivity contribution in [2.75, 3.05) is 0 Å². The molecule has 0 aliphatic heterocycles. The molecule has 0 amide bonds. The molecule has 8 aromatic carbocycles. The first-order valence-corrected chi connectivity index (χ1v) is 20.7. The first kappa shape index (κ1) is 32.3. The molecule has 266 valence electrons. The topological polar surface area (TPSA) is 43.6 Å². The number of para-hydroxylation sites is 1. The Morgan fingerprint density at radius 3 is 1.60 bits per heavy atom. The highest BCUT2D eigenvalue weighted by molar-refractivity contribution is 7.27. The number of nitrogens with zero attached hydrogens (tertiary/aromatic N) is 4. The van der Waals surface area contributed by atoms with Gasteiger partial charge in [0.25, 0.3) is 0 Å². The number of fused-ring (bicyclic) bond motifs is 10. The Bertz CT molecular complexity index is 3450. The average Bonchev–Trinajstić information content (AvgIpc) is 3.96. The predicted octanol–water partition coefficient (Wildman–Crippen LogP) is 14.4. The summed E-state index contributed by atoms with van der Waals surface area (Å²) < 4.78 is 7.48. The highest BCUT2D eigenvalue weighted by Gasteiger charge is 2.20. The average molecular weight is 763 g/mol. The molecule has 4 aromatic heterocycles. The summed E-state index contributed by atoms with van der Waals surface area (Å²) in [6.45, 7) is 0. The first-order chi connectivity index (χ1) is 28.2. The third-order valence-electron chi connectivity index (χ3n) is 11.1. The summed E-state index contributed by atoms with van der Waals surface area (Å²) in [7, 11) is 0. The molecule has 0 aliphatic rings. The zero-order valence-corrected chi connectivity index (χ0v) is 32.1. The maximum atomic E-state index is 5.18. The maximum absolute atomic E-state index is 5.18. The van der Waals surface area contributed by atoms with Gasteiger partial charge in [-0.05, 0) is 59.7 Å². The smallest absolute Gasteiger partial charge is 0.165 e. The minimum atomic E-state index is 0.655. The molecular formula is C51H30N4S2. The van der Waals surface area contributed by atoms with Gasteiger partial charge in [-0.15, -0.1) is 22.7 Å². The molecule has 6 heteroatoms. The Morgan fingerprint density at radius 1 is 0.351 bits per heavy atom. The summed E-state index contributed by atoms with van der Waals surface area (Å²) in [5.41, 5.74) is 8.71. The van der Waals surface area contributed by atoms with Gasteiger partial charge in [0.1, 0.15) is 0 Å². The molecular weight excluding hydrogens is 733 g/mol. The summed E-state index contributed by atoms with van der Waals surface area (Å²) >= 11 is 3.68. The molecule has 0 atom stereocenters. The van der Waals surface area contributed by atoms with E-state index in [0.717, 1.165) is 33.5 Å². The van der Waals surface area contributed by atoms with Crippen LogP contribution >= 0.6 is 22.7 Å². The standard InChI is InChI=1S/C51H30N4S2/c1-3-13-32(14-4-1)49-52-50(33-15-5-2-6-16-33)54-51(53-49)41-30-34(29-40-37-18-9-12-22-45(37)56-47(40)41)31-23-25-35(26-24-31)55-42-20-10-7-19-39(42)46-43(55)28-27-38-36-17-8-11-21-44(36)57-48(38)46/h1-30H. The zero-order chi connectivity index (χ0) is 37.5. The van der Waals surface area contributed by atoms with E-state index in [1.807, 2.05) is 47.7 Å². The fraction of sp³-hybridized carbons (Fsp3) is 0. The van der Waals surface area contributed by atoms with Crippen LogP contribution in [0, 0.1) is 0 Å². The van der Waals surface area contributed by atoms with Crippen molar-refractivity contribution in [2.24, 2.45) is 0 Å². The molecule has 57 heavy (non-hydrogen) atoms. The molecule has 0 spiro atoms. The van der Waals surface area contributed by atoms with Crippen LogP contribution in [0.1, 0.15) is 0 Å². The molecule has 0 aliphatic carbocycles. The second-order valence-electron chi connectivity index (χ2n) is 14.4. The van der Waals surface area contributed by atoms with E-state index in [2.05, 4.69) is 150 Å². The van der Waals surface area contributed by atoms with E-state index >= 15 is 0 Å². The zero-order valence-electron chi connectivity index (χ0n) is 30.4. The lowest BCUT2D eigenvalue weighted by Gasteiger charge is -2.12. The summed E-state index contributed by atoms with van der Waals surface area (Å²) in [6.07, 6.45) is 0. The molecule has 4 heterocycles. The van der Waals surface area contributed by atoms with Gasteiger partial charge in [-0.2, -0.15) is 0 Å². The van der Waals surface area contributed by atoms with Crippen molar-refractivity contribution >= 4 is 84.8 Å². The van der Waals surface area contributed by atoms with E-state index in [-0.39, 0.29) is 0 Å². The predicted molar refractivity (Wildman–Crippen MR) is 242 cm³/mol. The molecule has 0 bridgehead atoms. The highest BCUT2D eigenvalue weighted by atomic mass is 32.1. The van der Waals surface area contributed by atoms with Crippen LogP contribution in [0.4, 0.5) is 0 Å². The molecule has 12 aromatic rings.